The zero-order chi connectivity index (χ0) is 19.6. The second-order valence-corrected chi connectivity index (χ2v) is 9.94. The maximum Gasteiger partial charge on any atom is 0.179 e. The summed E-state index contributed by atoms with van der Waals surface area (Å²) in [5.41, 5.74) is 3.71. The van der Waals surface area contributed by atoms with Crippen molar-refractivity contribution in [3.8, 4) is 5.75 Å². The lowest BCUT2D eigenvalue weighted by Gasteiger charge is -2.39. The number of Topliss-reactive ketones (excluding diaryl/α,β-unsaturated/α-hetero) is 1. The van der Waals surface area contributed by atoms with Crippen molar-refractivity contribution < 1.29 is 9.53 Å². The highest BCUT2D eigenvalue weighted by atomic mass is 16.5. The first-order chi connectivity index (χ1) is 12.6. The Kier molecular flexibility index (Phi) is 4.19. The number of hydrogen-bond acceptors (Lipinski definition) is 3. The van der Waals surface area contributed by atoms with Crippen molar-refractivity contribution in [3.05, 3.63) is 29.5 Å². The summed E-state index contributed by atoms with van der Waals surface area (Å²) in [6, 6.07) is 6.54. The number of ether oxygens (including phenoxy) is 1. The predicted octanol–water partition coefficient (Wildman–Crippen LogP) is 4.58. The van der Waals surface area contributed by atoms with E-state index in [1.807, 2.05) is 32.2 Å². The van der Waals surface area contributed by atoms with E-state index in [1.165, 1.54) is 19.3 Å². The molecule has 2 aliphatic rings. The third-order valence-corrected chi connectivity index (χ3v) is 6.85. The minimum Gasteiger partial charge on any atom is -0.497 e. The van der Waals surface area contributed by atoms with Gasteiger partial charge in [-0.3, -0.25) is 9.69 Å². The van der Waals surface area contributed by atoms with E-state index in [9.17, 15) is 4.79 Å². The van der Waals surface area contributed by atoms with Gasteiger partial charge in [-0.1, -0.05) is 20.8 Å². The van der Waals surface area contributed by atoms with E-state index < -0.39 is 0 Å². The fraction of sp³-hybridized carbons (Fsp3) is 0.609. The fourth-order valence-electron chi connectivity index (χ4n) is 6.06. The quantitative estimate of drug-likeness (QED) is 0.741. The first-order valence-electron chi connectivity index (χ1n) is 10.0. The molecule has 2 atom stereocenters. The summed E-state index contributed by atoms with van der Waals surface area (Å²) in [7, 11) is 3.71. The Morgan fingerprint density at radius 1 is 1.26 bits per heavy atom. The monoisotopic (exact) mass is 368 g/mol. The van der Waals surface area contributed by atoms with E-state index in [1.54, 1.807) is 7.11 Å². The highest BCUT2D eigenvalue weighted by Crippen LogP contribution is 2.52. The Labute approximate surface area is 162 Å². The lowest BCUT2D eigenvalue weighted by molar-refractivity contribution is 0.0900. The molecular weight excluding hydrogens is 336 g/mol. The molecule has 1 aliphatic carbocycles. The van der Waals surface area contributed by atoms with Crippen molar-refractivity contribution in [2.45, 2.75) is 53.0 Å². The Morgan fingerprint density at radius 3 is 2.70 bits per heavy atom. The smallest absolute Gasteiger partial charge is 0.179 e. The molecule has 146 valence electrons. The highest BCUT2D eigenvalue weighted by molar-refractivity contribution is 6.10. The summed E-state index contributed by atoms with van der Waals surface area (Å²) >= 11 is 0. The normalized spacial score (nSPS) is 27.3. The van der Waals surface area contributed by atoms with Gasteiger partial charge in [0.15, 0.2) is 5.78 Å². The zero-order valence-corrected chi connectivity index (χ0v) is 17.6. The van der Waals surface area contributed by atoms with Crippen LogP contribution in [0.5, 0.6) is 5.75 Å². The van der Waals surface area contributed by atoms with Gasteiger partial charge >= 0.3 is 0 Å². The molecule has 0 spiro atoms. The van der Waals surface area contributed by atoms with E-state index in [2.05, 4.69) is 30.2 Å². The zero-order valence-electron chi connectivity index (χ0n) is 17.6. The Hall–Kier alpha value is -1.81. The number of carbonyl (C=O) groups excluding carboxylic acids is 1. The molecule has 0 N–H and O–H groups in total. The van der Waals surface area contributed by atoms with Gasteiger partial charge in [-0.25, -0.2) is 0 Å². The van der Waals surface area contributed by atoms with Crippen molar-refractivity contribution in [2.24, 2.45) is 17.9 Å². The molecule has 1 aromatic heterocycles. The van der Waals surface area contributed by atoms with Crippen LogP contribution in [-0.4, -0.2) is 41.5 Å². The Bertz CT molecular complexity index is 911. The van der Waals surface area contributed by atoms with Gasteiger partial charge in [0.2, 0.25) is 0 Å². The number of ketones is 1. The van der Waals surface area contributed by atoms with Crippen LogP contribution in [0, 0.1) is 17.8 Å². The van der Waals surface area contributed by atoms with Gasteiger partial charge in [0, 0.05) is 41.8 Å². The van der Waals surface area contributed by atoms with Crippen LogP contribution in [0.3, 0.4) is 0 Å². The molecule has 0 radical (unpaired) electrons. The lowest BCUT2D eigenvalue weighted by Crippen LogP contribution is -2.37. The number of likely N-dealkylation sites (tertiary alicyclic amines) is 1. The van der Waals surface area contributed by atoms with E-state index in [4.69, 9.17) is 4.74 Å². The van der Waals surface area contributed by atoms with Crippen LogP contribution in [0.1, 0.15) is 56.1 Å². The molecule has 1 saturated carbocycles. The molecule has 2 bridgehead atoms. The van der Waals surface area contributed by atoms with Crippen LogP contribution in [0.25, 0.3) is 10.9 Å². The third kappa shape index (κ3) is 3.08. The van der Waals surface area contributed by atoms with Crippen LogP contribution < -0.4 is 4.74 Å². The molecule has 2 fully saturated rings. The molecule has 1 saturated heterocycles. The SMILES string of the molecule is COc1ccc2c(c1)c(C(=O)CN1C[C@@]3(C)C[C@@H]1CC(C)(C)C3)c(C)n2C. The van der Waals surface area contributed by atoms with Gasteiger partial charge in [-0.15, -0.1) is 0 Å². The first-order valence-corrected chi connectivity index (χ1v) is 10.0. The molecule has 0 amide bonds. The molecule has 4 nitrogen and oxygen atoms in total. The number of aromatic nitrogens is 1. The van der Waals surface area contributed by atoms with Crippen molar-refractivity contribution >= 4 is 16.7 Å². The lowest BCUT2D eigenvalue weighted by atomic mass is 9.65. The standard InChI is InChI=1S/C23H32N2O2/c1-15-21(18-9-17(27-6)7-8-19(18)24(15)5)20(26)12-25-14-23(4)11-16(25)10-22(2,3)13-23/h7-9,16H,10-14H2,1-6H3/t16-,23-/m0/s1. The maximum absolute atomic E-state index is 13.4. The van der Waals surface area contributed by atoms with Crippen molar-refractivity contribution in [2.75, 3.05) is 20.2 Å². The third-order valence-electron chi connectivity index (χ3n) is 6.85. The van der Waals surface area contributed by atoms with Crippen LogP contribution in [0.2, 0.25) is 0 Å². The maximum atomic E-state index is 13.4. The minimum atomic E-state index is 0.236. The van der Waals surface area contributed by atoms with Crippen molar-refractivity contribution in [1.82, 2.24) is 9.47 Å². The minimum absolute atomic E-state index is 0.236. The molecule has 27 heavy (non-hydrogen) atoms. The second-order valence-electron chi connectivity index (χ2n) is 9.94. The number of carbonyl (C=O) groups is 1. The van der Waals surface area contributed by atoms with Crippen LogP contribution in [-0.2, 0) is 7.05 Å². The van der Waals surface area contributed by atoms with Crippen molar-refractivity contribution in [1.29, 1.82) is 0 Å². The van der Waals surface area contributed by atoms with E-state index in [0.29, 0.717) is 23.4 Å². The molecule has 2 heterocycles. The fourth-order valence-corrected chi connectivity index (χ4v) is 6.06. The van der Waals surface area contributed by atoms with Crippen LogP contribution in [0.15, 0.2) is 18.2 Å². The van der Waals surface area contributed by atoms with Gasteiger partial charge < -0.3 is 9.30 Å². The van der Waals surface area contributed by atoms with E-state index in [-0.39, 0.29) is 5.78 Å². The van der Waals surface area contributed by atoms with E-state index >= 15 is 0 Å². The summed E-state index contributed by atoms with van der Waals surface area (Å²) in [6.45, 7) is 10.8. The summed E-state index contributed by atoms with van der Waals surface area (Å²) in [5, 5.41) is 1.01. The van der Waals surface area contributed by atoms with Crippen LogP contribution in [0.4, 0.5) is 0 Å². The number of rotatable bonds is 4. The summed E-state index contributed by atoms with van der Waals surface area (Å²) in [5.74, 6) is 1.04. The molecule has 4 rings (SSSR count). The second kappa shape index (κ2) is 6.10. The van der Waals surface area contributed by atoms with Crippen molar-refractivity contribution in [3.63, 3.8) is 0 Å². The Balaban J connectivity index is 1.65. The number of aryl methyl sites for hydroxylation is 1. The summed E-state index contributed by atoms with van der Waals surface area (Å²) < 4.78 is 7.52. The molecule has 2 aromatic rings. The molecule has 4 heteroatoms. The van der Waals surface area contributed by atoms with Gasteiger partial charge in [-0.2, -0.15) is 0 Å². The number of nitrogens with zero attached hydrogens (tertiary/aromatic N) is 2. The molecule has 1 aliphatic heterocycles. The number of hydrogen-bond donors (Lipinski definition) is 0. The summed E-state index contributed by atoms with van der Waals surface area (Å²) in [6.07, 6.45) is 3.68. The highest BCUT2D eigenvalue weighted by Gasteiger charge is 2.49. The van der Waals surface area contributed by atoms with Gasteiger partial charge in [0.25, 0.3) is 0 Å². The average molecular weight is 369 g/mol. The average Bonchev–Trinajstić information content (AvgIpc) is 2.96. The number of benzene rings is 1. The topological polar surface area (TPSA) is 34.5 Å². The molecule has 1 aromatic carbocycles. The summed E-state index contributed by atoms with van der Waals surface area (Å²) in [4.78, 5) is 15.9. The van der Waals surface area contributed by atoms with Gasteiger partial charge in [0.05, 0.1) is 13.7 Å². The Morgan fingerprint density at radius 2 is 2.00 bits per heavy atom. The number of methoxy groups -OCH3 is 1. The largest absolute Gasteiger partial charge is 0.497 e. The number of fused-ring (bicyclic) bond motifs is 3. The molecular formula is C23H32N2O2. The molecule has 0 unspecified atom stereocenters. The van der Waals surface area contributed by atoms with E-state index in [0.717, 1.165) is 34.5 Å². The van der Waals surface area contributed by atoms with Gasteiger partial charge in [-0.05, 0) is 55.2 Å². The first kappa shape index (κ1) is 18.5. The van der Waals surface area contributed by atoms with Gasteiger partial charge in [0.1, 0.15) is 5.75 Å². The van der Waals surface area contributed by atoms with Crippen LogP contribution >= 0.6 is 0 Å². The predicted molar refractivity (Wildman–Crippen MR) is 110 cm³/mol.